The zero-order chi connectivity index (χ0) is 8.43. The van der Waals surface area contributed by atoms with Crippen LogP contribution in [0.25, 0.3) is 0 Å². The van der Waals surface area contributed by atoms with Gasteiger partial charge in [-0.1, -0.05) is 12.1 Å². The summed E-state index contributed by atoms with van der Waals surface area (Å²) in [5, 5.41) is 18.0. The van der Waals surface area contributed by atoms with Gasteiger partial charge < -0.3 is 10.2 Å². The van der Waals surface area contributed by atoms with E-state index in [1.165, 1.54) is 25.1 Å². The van der Waals surface area contributed by atoms with Crippen LogP contribution in [0.2, 0.25) is 0 Å². The molecule has 0 aliphatic carbocycles. The number of phenols is 2. The van der Waals surface area contributed by atoms with Gasteiger partial charge in [-0.2, -0.15) is 0 Å². The molecule has 1 aromatic carbocycles. The summed E-state index contributed by atoms with van der Waals surface area (Å²) in [6, 6.07) is 4.22. The maximum absolute atomic E-state index is 12.6. The molecule has 11 heavy (non-hydrogen) atoms. The fourth-order valence-electron chi connectivity index (χ4n) is 0.870. The minimum Gasteiger partial charge on any atom is -0.504 e. The van der Waals surface area contributed by atoms with Crippen molar-refractivity contribution in [3.05, 3.63) is 23.8 Å². The van der Waals surface area contributed by atoms with Crippen LogP contribution in [0.5, 0.6) is 11.5 Å². The van der Waals surface area contributed by atoms with Gasteiger partial charge in [-0.3, -0.25) is 0 Å². The van der Waals surface area contributed by atoms with Crippen molar-refractivity contribution in [2.24, 2.45) is 0 Å². The third-order valence-corrected chi connectivity index (χ3v) is 1.47. The lowest BCUT2D eigenvalue weighted by Gasteiger charge is -2.05. The first-order valence-electron chi connectivity index (χ1n) is 3.28. The van der Waals surface area contributed by atoms with Crippen LogP contribution in [0.1, 0.15) is 18.7 Å². The molecule has 0 amide bonds. The van der Waals surface area contributed by atoms with Crippen LogP contribution in [0.4, 0.5) is 4.39 Å². The summed E-state index contributed by atoms with van der Waals surface area (Å²) in [4.78, 5) is 0. The van der Waals surface area contributed by atoms with Crippen LogP contribution in [0.3, 0.4) is 0 Å². The molecule has 3 heteroatoms. The number of rotatable bonds is 1. The third kappa shape index (κ3) is 1.42. The highest BCUT2D eigenvalue weighted by Gasteiger charge is 2.10. The van der Waals surface area contributed by atoms with E-state index in [0.29, 0.717) is 0 Å². The van der Waals surface area contributed by atoms with E-state index in [1.807, 2.05) is 0 Å². The molecule has 0 bridgehead atoms. The van der Waals surface area contributed by atoms with Gasteiger partial charge in [-0.25, -0.2) is 4.39 Å². The average molecular weight is 156 g/mol. The van der Waals surface area contributed by atoms with Crippen molar-refractivity contribution in [3.8, 4) is 11.5 Å². The quantitative estimate of drug-likeness (QED) is 0.611. The van der Waals surface area contributed by atoms with Gasteiger partial charge in [0, 0.05) is 5.56 Å². The van der Waals surface area contributed by atoms with E-state index in [4.69, 9.17) is 10.2 Å². The van der Waals surface area contributed by atoms with Gasteiger partial charge in [0.05, 0.1) is 0 Å². The Morgan fingerprint density at radius 3 is 2.45 bits per heavy atom. The van der Waals surface area contributed by atoms with Gasteiger partial charge >= 0.3 is 0 Å². The molecule has 2 nitrogen and oxygen atoms in total. The molecule has 0 aliphatic heterocycles. The van der Waals surface area contributed by atoms with Crippen LogP contribution in [0.15, 0.2) is 18.2 Å². The van der Waals surface area contributed by atoms with Crippen molar-refractivity contribution in [3.63, 3.8) is 0 Å². The molecule has 1 aromatic rings. The molecule has 0 spiro atoms. The van der Waals surface area contributed by atoms with Crippen LogP contribution in [-0.4, -0.2) is 10.2 Å². The second-order valence-corrected chi connectivity index (χ2v) is 2.33. The SMILES string of the molecule is CC(F)c1cccc(O)c1O. The highest BCUT2D eigenvalue weighted by Crippen LogP contribution is 2.33. The van der Waals surface area contributed by atoms with Crippen LogP contribution < -0.4 is 0 Å². The van der Waals surface area contributed by atoms with Gasteiger partial charge in [0.1, 0.15) is 6.17 Å². The van der Waals surface area contributed by atoms with Gasteiger partial charge in [0.25, 0.3) is 0 Å². The van der Waals surface area contributed by atoms with E-state index in [0.717, 1.165) is 0 Å². The van der Waals surface area contributed by atoms with Gasteiger partial charge in [0.2, 0.25) is 0 Å². The Morgan fingerprint density at radius 2 is 2.00 bits per heavy atom. The maximum Gasteiger partial charge on any atom is 0.163 e. The van der Waals surface area contributed by atoms with E-state index in [1.54, 1.807) is 0 Å². The number of para-hydroxylation sites is 1. The smallest absolute Gasteiger partial charge is 0.163 e. The number of aromatic hydroxyl groups is 2. The predicted octanol–water partition coefficient (Wildman–Crippen LogP) is 2.13. The minimum absolute atomic E-state index is 0.116. The number of benzene rings is 1. The number of alkyl halides is 1. The Morgan fingerprint density at radius 1 is 1.36 bits per heavy atom. The molecule has 2 N–H and O–H groups in total. The normalized spacial score (nSPS) is 12.9. The average Bonchev–Trinajstić information content (AvgIpc) is 1.94. The predicted molar refractivity (Wildman–Crippen MR) is 39.3 cm³/mol. The van der Waals surface area contributed by atoms with Crippen molar-refractivity contribution in [1.82, 2.24) is 0 Å². The Labute approximate surface area is 63.9 Å². The summed E-state index contributed by atoms with van der Waals surface area (Å²) in [6.07, 6.45) is -1.26. The number of phenolic OH excluding ortho intramolecular Hbond substituents is 2. The summed E-state index contributed by atoms with van der Waals surface area (Å²) < 4.78 is 12.6. The molecule has 1 atom stereocenters. The second kappa shape index (κ2) is 2.78. The largest absolute Gasteiger partial charge is 0.504 e. The summed E-state index contributed by atoms with van der Waals surface area (Å²) in [6.45, 7) is 1.30. The summed E-state index contributed by atoms with van der Waals surface area (Å²) in [7, 11) is 0. The van der Waals surface area contributed by atoms with Crippen LogP contribution in [0, 0.1) is 0 Å². The van der Waals surface area contributed by atoms with E-state index in [9.17, 15) is 4.39 Å². The summed E-state index contributed by atoms with van der Waals surface area (Å²) in [5.74, 6) is -0.658. The van der Waals surface area contributed by atoms with E-state index in [-0.39, 0.29) is 17.1 Å². The molecule has 0 fully saturated rings. The summed E-state index contributed by atoms with van der Waals surface area (Å²) >= 11 is 0. The molecule has 0 heterocycles. The molecule has 1 rings (SSSR count). The zero-order valence-corrected chi connectivity index (χ0v) is 6.08. The minimum atomic E-state index is -1.26. The van der Waals surface area contributed by atoms with Crippen molar-refractivity contribution in [1.29, 1.82) is 0 Å². The Kier molecular flexibility index (Phi) is 1.98. The molecule has 0 aliphatic rings. The first kappa shape index (κ1) is 7.85. The van der Waals surface area contributed by atoms with E-state index >= 15 is 0 Å². The number of halogens is 1. The second-order valence-electron chi connectivity index (χ2n) is 2.33. The Hall–Kier alpha value is -1.25. The lowest BCUT2D eigenvalue weighted by molar-refractivity contribution is 0.344. The Balaban J connectivity index is 3.17. The van der Waals surface area contributed by atoms with Gasteiger partial charge in [0.15, 0.2) is 11.5 Å². The molecule has 60 valence electrons. The number of hydrogen-bond acceptors (Lipinski definition) is 2. The highest BCUT2D eigenvalue weighted by molar-refractivity contribution is 5.45. The first-order chi connectivity index (χ1) is 5.13. The number of hydrogen-bond donors (Lipinski definition) is 2. The molecule has 0 saturated carbocycles. The molecule has 0 aromatic heterocycles. The van der Waals surface area contributed by atoms with E-state index in [2.05, 4.69) is 0 Å². The molecular formula is C8H9FO2. The Bertz CT molecular complexity index is 258. The van der Waals surface area contributed by atoms with Crippen LogP contribution in [-0.2, 0) is 0 Å². The molecular weight excluding hydrogens is 147 g/mol. The zero-order valence-electron chi connectivity index (χ0n) is 6.08. The van der Waals surface area contributed by atoms with Crippen LogP contribution >= 0.6 is 0 Å². The fourth-order valence-corrected chi connectivity index (χ4v) is 0.870. The lowest BCUT2D eigenvalue weighted by atomic mass is 10.1. The van der Waals surface area contributed by atoms with Crippen molar-refractivity contribution < 1.29 is 14.6 Å². The molecule has 0 saturated heterocycles. The topological polar surface area (TPSA) is 40.5 Å². The van der Waals surface area contributed by atoms with Crippen molar-refractivity contribution >= 4 is 0 Å². The first-order valence-corrected chi connectivity index (χ1v) is 3.28. The van der Waals surface area contributed by atoms with Crippen molar-refractivity contribution in [2.45, 2.75) is 13.1 Å². The molecule has 1 unspecified atom stereocenters. The van der Waals surface area contributed by atoms with Gasteiger partial charge in [-0.05, 0) is 13.0 Å². The highest BCUT2D eigenvalue weighted by atomic mass is 19.1. The van der Waals surface area contributed by atoms with E-state index < -0.39 is 6.17 Å². The summed E-state index contributed by atoms with van der Waals surface area (Å²) in [5.41, 5.74) is 0.116. The lowest BCUT2D eigenvalue weighted by Crippen LogP contribution is -1.85. The van der Waals surface area contributed by atoms with Crippen molar-refractivity contribution in [2.75, 3.05) is 0 Å². The third-order valence-electron chi connectivity index (χ3n) is 1.47. The standard InChI is InChI=1S/C8H9FO2/c1-5(9)6-3-2-4-7(10)8(6)11/h2-5,10-11H,1H3. The maximum atomic E-state index is 12.6. The molecule has 0 radical (unpaired) electrons. The van der Waals surface area contributed by atoms with Gasteiger partial charge in [-0.15, -0.1) is 0 Å². The fraction of sp³-hybridized carbons (Fsp3) is 0.250. The monoisotopic (exact) mass is 156 g/mol.